The molecule has 0 radical (unpaired) electrons. The van der Waals surface area contributed by atoms with Crippen LogP contribution in [0.1, 0.15) is 28.8 Å². The molecule has 0 saturated carbocycles. The fourth-order valence-corrected chi connectivity index (χ4v) is 5.29. The highest BCUT2D eigenvalue weighted by Gasteiger charge is 2.28. The van der Waals surface area contributed by atoms with E-state index in [0.29, 0.717) is 26.1 Å². The van der Waals surface area contributed by atoms with Crippen LogP contribution >= 0.6 is 11.6 Å². The van der Waals surface area contributed by atoms with E-state index < -0.39 is 15.9 Å². The summed E-state index contributed by atoms with van der Waals surface area (Å²) >= 11 is 6.19. The first kappa shape index (κ1) is 21.5. The number of nitrogens with one attached hydrogen (secondary N) is 1. The molecule has 3 aromatic rings. The molecule has 4 rings (SSSR count). The highest BCUT2D eigenvalue weighted by atomic mass is 35.5. The zero-order chi connectivity index (χ0) is 21.8. The highest BCUT2D eigenvalue weighted by Crippen LogP contribution is 2.25. The molecular formula is C22H23ClN4O3S. The van der Waals surface area contributed by atoms with Crippen LogP contribution in [0.5, 0.6) is 0 Å². The van der Waals surface area contributed by atoms with Gasteiger partial charge in [0.1, 0.15) is 0 Å². The molecule has 7 nitrogen and oxygen atoms in total. The normalized spacial score (nSPS) is 14.6. The van der Waals surface area contributed by atoms with Gasteiger partial charge in [-0.3, -0.25) is 4.79 Å². The summed E-state index contributed by atoms with van der Waals surface area (Å²) in [5, 5.41) is 7.38. The molecule has 0 atom stereocenters. The van der Waals surface area contributed by atoms with Gasteiger partial charge in [-0.05, 0) is 55.2 Å². The van der Waals surface area contributed by atoms with E-state index in [0.717, 1.165) is 24.1 Å². The number of halogens is 1. The summed E-state index contributed by atoms with van der Waals surface area (Å²) in [6.07, 6.45) is 5.96. The van der Waals surface area contributed by atoms with Crippen molar-refractivity contribution in [1.82, 2.24) is 19.4 Å². The average Bonchev–Trinajstić information content (AvgIpc) is 3.47. The van der Waals surface area contributed by atoms with Crippen molar-refractivity contribution in [3.63, 3.8) is 0 Å². The van der Waals surface area contributed by atoms with Crippen molar-refractivity contribution in [3.8, 4) is 5.69 Å². The van der Waals surface area contributed by atoms with E-state index in [1.807, 2.05) is 36.5 Å². The number of benzene rings is 2. The summed E-state index contributed by atoms with van der Waals surface area (Å²) in [4.78, 5) is 12.7. The third-order valence-corrected chi connectivity index (χ3v) is 7.47. The standard InChI is InChI=1S/C22H23ClN4O3S/c23-21-9-8-19(31(29,30)26-12-4-5-13-26)14-20(21)22(28)24-11-10-17-15-25-27(16-17)18-6-2-1-3-7-18/h1-3,6-9,14-16H,4-5,10-13H2,(H,24,28). The van der Waals surface area contributed by atoms with Crippen LogP contribution in [0.15, 0.2) is 65.8 Å². The van der Waals surface area contributed by atoms with Gasteiger partial charge in [-0.2, -0.15) is 9.40 Å². The fraction of sp³-hybridized carbons (Fsp3) is 0.273. The lowest BCUT2D eigenvalue weighted by molar-refractivity contribution is 0.0954. The maximum Gasteiger partial charge on any atom is 0.252 e. The van der Waals surface area contributed by atoms with Crippen LogP contribution in [0, 0.1) is 0 Å². The molecule has 0 unspecified atom stereocenters. The smallest absolute Gasteiger partial charge is 0.252 e. The average molecular weight is 459 g/mol. The maximum absolute atomic E-state index is 12.8. The molecule has 1 N–H and O–H groups in total. The molecule has 2 heterocycles. The van der Waals surface area contributed by atoms with Gasteiger partial charge in [-0.1, -0.05) is 29.8 Å². The number of rotatable bonds is 7. The molecule has 0 aliphatic carbocycles. The first-order valence-electron chi connectivity index (χ1n) is 10.1. The second kappa shape index (κ2) is 9.21. The van der Waals surface area contributed by atoms with Crippen LogP contribution in [0.4, 0.5) is 0 Å². The number of hydrogen-bond acceptors (Lipinski definition) is 4. The van der Waals surface area contributed by atoms with Crippen molar-refractivity contribution in [2.24, 2.45) is 0 Å². The summed E-state index contributed by atoms with van der Waals surface area (Å²) in [5.41, 5.74) is 2.09. The van der Waals surface area contributed by atoms with E-state index in [4.69, 9.17) is 11.6 Å². The second-order valence-corrected chi connectivity index (χ2v) is 9.73. The number of carbonyl (C=O) groups excluding carboxylic acids is 1. The number of hydrogen-bond donors (Lipinski definition) is 1. The zero-order valence-corrected chi connectivity index (χ0v) is 18.4. The molecule has 1 aromatic heterocycles. The van der Waals surface area contributed by atoms with E-state index in [9.17, 15) is 13.2 Å². The maximum atomic E-state index is 12.8. The molecule has 31 heavy (non-hydrogen) atoms. The third-order valence-electron chi connectivity index (χ3n) is 5.24. The predicted octanol–water partition coefficient (Wildman–Crippen LogP) is 3.28. The molecule has 1 fully saturated rings. The monoisotopic (exact) mass is 458 g/mol. The Morgan fingerprint density at radius 3 is 2.58 bits per heavy atom. The van der Waals surface area contributed by atoms with Gasteiger partial charge in [0.15, 0.2) is 0 Å². The molecule has 0 bridgehead atoms. The summed E-state index contributed by atoms with van der Waals surface area (Å²) in [6.45, 7) is 1.38. The minimum absolute atomic E-state index is 0.0908. The summed E-state index contributed by atoms with van der Waals surface area (Å²) in [5.74, 6) is -0.404. The fourth-order valence-electron chi connectivity index (χ4n) is 3.54. The van der Waals surface area contributed by atoms with Crippen molar-refractivity contribution in [2.75, 3.05) is 19.6 Å². The number of para-hydroxylation sites is 1. The Morgan fingerprint density at radius 2 is 1.84 bits per heavy atom. The van der Waals surface area contributed by atoms with Gasteiger partial charge in [0, 0.05) is 25.8 Å². The van der Waals surface area contributed by atoms with Crippen molar-refractivity contribution in [1.29, 1.82) is 0 Å². The van der Waals surface area contributed by atoms with Crippen molar-refractivity contribution >= 4 is 27.5 Å². The number of sulfonamides is 1. The summed E-state index contributed by atoms with van der Waals surface area (Å²) in [6, 6.07) is 14.0. The Labute approximate surface area is 186 Å². The summed E-state index contributed by atoms with van der Waals surface area (Å²) in [7, 11) is -3.61. The van der Waals surface area contributed by atoms with Gasteiger partial charge in [0.25, 0.3) is 5.91 Å². The first-order chi connectivity index (χ1) is 14.9. The Hall–Kier alpha value is -2.68. The Kier molecular flexibility index (Phi) is 6.41. The van der Waals surface area contributed by atoms with E-state index in [1.54, 1.807) is 10.9 Å². The molecule has 2 aromatic carbocycles. The van der Waals surface area contributed by atoms with Gasteiger partial charge in [0.05, 0.1) is 27.4 Å². The van der Waals surface area contributed by atoms with Gasteiger partial charge < -0.3 is 5.32 Å². The van der Waals surface area contributed by atoms with Gasteiger partial charge in [0.2, 0.25) is 10.0 Å². The van der Waals surface area contributed by atoms with Crippen LogP contribution in [-0.4, -0.2) is 48.0 Å². The van der Waals surface area contributed by atoms with E-state index in [1.165, 1.54) is 22.5 Å². The number of aromatic nitrogens is 2. The van der Waals surface area contributed by atoms with Gasteiger partial charge in [-0.25, -0.2) is 13.1 Å². The predicted molar refractivity (Wildman–Crippen MR) is 119 cm³/mol. The molecule has 1 amide bonds. The topological polar surface area (TPSA) is 84.3 Å². The van der Waals surface area contributed by atoms with Crippen LogP contribution in [0.2, 0.25) is 5.02 Å². The molecule has 0 spiro atoms. The quantitative estimate of drug-likeness (QED) is 0.588. The molecule has 9 heteroatoms. The Morgan fingerprint density at radius 1 is 1.10 bits per heavy atom. The molecule has 1 aliphatic heterocycles. The van der Waals surface area contributed by atoms with Crippen LogP contribution in [0.3, 0.4) is 0 Å². The zero-order valence-electron chi connectivity index (χ0n) is 16.9. The molecule has 1 aliphatic rings. The van der Waals surface area contributed by atoms with E-state index >= 15 is 0 Å². The molecule has 162 valence electrons. The third kappa shape index (κ3) is 4.81. The van der Waals surface area contributed by atoms with Crippen LogP contribution < -0.4 is 5.32 Å². The van der Waals surface area contributed by atoms with Crippen LogP contribution in [-0.2, 0) is 16.4 Å². The van der Waals surface area contributed by atoms with Gasteiger partial charge in [-0.15, -0.1) is 0 Å². The van der Waals surface area contributed by atoms with Crippen LogP contribution in [0.25, 0.3) is 5.69 Å². The second-order valence-electron chi connectivity index (χ2n) is 7.39. The minimum atomic E-state index is -3.61. The lowest BCUT2D eigenvalue weighted by Crippen LogP contribution is -2.29. The number of amides is 1. The molecular weight excluding hydrogens is 436 g/mol. The largest absolute Gasteiger partial charge is 0.352 e. The number of nitrogens with zero attached hydrogens (tertiary/aromatic N) is 3. The van der Waals surface area contributed by atoms with Gasteiger partial charge >= 0.3 is 0 Å². The van der Waals surface area contributed by atoms with E-state index in [-0.39, 0.29) is 15.5 Å². The first-order valence-corrected chi connectivity index (χ1v) is 11.9. The van der Waals surface area contributed by atoms with E-state index in [2.05, 4.69) is 10.4 Å². The van der Waals surface area contributed by atoms with Crippen molar-refractivity contribution in [3.05, 3.63) is 77.1 Å². The highest BCUT2D eigenvalue weighted by molar-refractivity contribution is 7.89. The van der Waals surface area contributed by atoms with Crippen molar-refractivity contribution < 1.29 is 13.2 Å². The summed E-state index contributed by atoms with van der Waals surface area (Å²) < 4.78 is 28.8. The Bertz CT molecular complexity index is 1170. The SMILES string of the molecule is O=C(NCCc1cnn(-c2ccccc2)c1)c1cc(S(=O)(=O)N2CCCC2)ccc1Cl. The Balaban J connectivity index is 1.40. The van der Waals surface area contributed by atoms with Crippen molar-refractivity contribution in [2.45, 2.75) is 24.2 Å². The number of carbonyl (C=O) groups is 1. The molecule has 1 saturated heterocycles. The lowest BCUT2D eigenvalue weighted by atomic mass is 10.2. The lowest BCUT2D eigenvalue weighted by Gasteiger charge is -2.16. The minimum Gasteiger partial charge on any atom is -0.352 e.